The number of nitrogens with zero attached hydrogens (tertiary/aromatic N) is 4. The molecule has 0 saturated heterocycles. The minimum Gasteiger partial charge on any atom is -0.493 e. The van der Waals surface area contributed by atoms with Crippen molar-refractivity contribution in [1.29, 1.82) is 5.26 Å². The molecule has 0 aliphatic rings. The Morgan fingerprint density at radius 1 is 1.26 bits per heavy atom. The summed E-state index contributed by atoms with van der Waals surface area (Å²) in [6, 6.07) is 9.82. The number of benzene rings is 1. The second-order valence-electron chi connectivity index (χ2n) is 5.55. The molecule has 2 aromatic heterocycles. The highest BCUT2D eigenvalue weighted by molar-refractivity contribution is 6.42. The largest absolute Gasteiger partial charge is 0.493 e. The molecular formula is C18H12Cl2N4O3. The zero-order valence-electron chi connectivity index (χ0n) is 14.0. The zero-order valence-corrected chi connectivity index (χ0v) is 15.5. The molecule has 1 aromatic carbocycles. The molecule has 0 atom stereocenters. The highest BCUT2D eigenvalue weighted by Crippen LogP contribution is 2.30. The normalized spacial score (nSPS) is 11.0. The number of pyridine rings is 1. The van der Waals surface area contributed by atoms with E-state index in [1.165, 1.54) is 19.3 Å². The molecule has 0 amide bonds. The van der Waals surface area contributed by atoms with Gasteiger partial charge >= 0.3 is 0 Å². The highest BCUT2D eigenvalue weighted by atomic mass is 35.5. The predicted molar refractivity (Wildman–Crippen MR) is 100 cm³/mol. The lowest BCUT2D eigenvalue weighted by molar-refractivity contribution is 0.397. The van der Waals surface area contributed by atoms with Crippen molar-refractivity contribution in [1.82, 2.24) is 4.57 Å². The van der Waals surface area contributed by atoms with Crippen LogP contribution in [0.25, 0.3) is 0 Å². The summed E-state index contributed by atoms with van der Waals surface area (Å²) in [6.45, 7) is 1.46. The first-order chi connectivity index (χ1) is 12.9. The molecule has 0 fully saturated rings. The number of nitriles is 1. The average Bonchev–Trinajstić information content (AvgIpc) is 3.15. The van der Waals surface area contributed by atoms with Gasteiger partial charge in [0, 0.05) is 5.56 Å². The second-order valence-corrected chi connectivity index (χ2v) is 6.37. The summed E-state index contributed by atoms with van der Waals surface area (Å²) >= 11 is 11.8. The van der Waals surface area contributed by atoms with Gasteiger partial charge in [0.25, 0.3) is 5.56 Å². The summed E-state index contributed by atoms with van der Waals surface area (Å²) < 4.78 is 6.22. The Hall–Kier alpha value is -3.08. The summed E-state index contributed by atoms with van der Waals surface area (Å²) in [5, 5.41) is 28.3. The molecule has 0 aliphatic heterocycles. The number of rotatable bonds is 4. The van der Waals surface area contributed by atoms with Crippen molar-refractivity contribution in [3.8, 4) is 11.9 Å². The van der Waals surface area contributed by atoms with Crippen LogP contribution in [0.2, 0.25) is 10.0 Å². The molecule has 2 heterocycles. The Balaban J connectivity index is 2.11. The number of hydrogen-bond acceptors (Lipinski definition) is 6. The molecule has 1 N–H and O–H groups in total. The Morgan fingerprint density at radius 2 is 2.04 bits per heavy atom. The Kier molecular flexibility index (Phi) is 5.31. The summed E-state index contributed by atoms with van der Waals surface area (Å²) in [7, 11) is 0. The number of aromatic nitrogens is 1. The fraction of sp³-hybridized carbons (Fsp3) is 0.111. The maximum absolute atomic E-state index is 12.8. The second kappa shape index (κ2) is 7.66. The molecule has 0 unspecified atom stereocenters. The van der Waals surface area contributed by atoms with Crippen LogP contribution in [0, 0.1) is 18.3 Å². The first kappa shape index (κ1) is 18.7. The third-order valence-electron chi connectivity index (χ3n) is 3.83. The molecule has 27 heavy (non-hydrogen) atoms. The molecule has 0 aliphatic carbocycles. The first-order valence-corrected chi connectivity index (χ1v) is 8.43. The number of halogens is 2. The van der Waals surface area contributed by atoms with Crippen LogP contribution in [0.5, 0.6) is 5.88 Å². The van der Waals surface area contributed by atoms with Crippen molar-refractivity contribution >= 4 is 34.6 Å². The Morgan fingerprint density at radius 3 is 2.67 bits per heavy atom. The van der Waals surface area contributed by atoms with Gasteiger partial charge in [0.2, 0.25) is 5.88 Å². The van der Waals surface area contributed by atoms with Gasteiger partial charge < -0.3 is 9.52 Å². The van der Waals surface area contributed by atoms with Gasteiger partial charge in [-0.05, 0) is 37.3 Å². The molecule has 9 heteroatoms. The van der Waals surface area contributed by atoms with E-state index in [1.54, 1.807) is 24.3 Å². The van der Waals surface area contributed by atoms with Crippen LogP contribution < -0.4 is 5.56 Å². The molecule has 3 aromatic rings. The molecule has 3 rings (SSSR count). The van der Waals surface area contributed by atoms with Crippen LogP contribution in [0.15, 0.2) is 56.0 Å². The van der Waals surface area contributed by atoms with E-state index in [9.17, 15) is 15.2 Å². The molecule has 7 nitrogen and oxygen atoms in total. The quantitative estimate of drug-likeness (QED) is 0.612. The van der Waals surface area contributed by atoms with E-state index < -0.39 is 11.4 Å². The smallest absolute Gasteiger partial charge is 0.281 e. The lowest BCUT2D eigenvalue weighted by Gasteiger charge is -2.11. The highest BCUT2D eigenvalue weighted by Gasteiger charge is 2.20. The van der Waals surface area contributed by atoms with Crippen LogP contribution in [0.4, 0.5) is 11.4 Å². The monoisotopic (exact) mass is 402 g/mol. The summed E-state index contributed by atoms with van der Waals surface area (Å²) in [4.78, 5) is 12.8. The lowest BCUT2D eigenvalue weighted by Crippen LogP contribution is -2.22. The first-order valence-electron chi connectivity index (χ1n) is 7.68. The van der Waals surface area contributed by atoms with Crippen LogP contribution in [0.3, 0.4) is 0 Å². The number of azo groups is 1. The van der Waals surface area contributed by atoms with Gasteiger partial charge in [0.05, 0.1) is 28.5 Å². The van der Waals surface area contributed by atoms with Gasteiger partial charge in [-0.2, -0.15) is 10.4 Å². The molecular weight excluding hydrogens is 391 g/mol. The standard InChI is InChI=1S/C18H12Cl2N4O3/c1-10-13(8-21)17(25)24(9-12-3-2-6-27-12)18(26)16(10)23-22-11-4-5-14(19)15(20)7-11/h2-7,25H,9H2,1H3. The third-order valence-corrected chi connectivity index (χ3v) is 4.57. The van der Waals surface area contributed by atoms with E-state index in [-0.39, 0.29) is 23.4 Å². The van der Waals surface area contributed by atoms with Crippen molar-refractivity contribution in [3.05, 3.63) is 73.9 Å². The van der Waals surface area contributed by atoms with Crippen molar-refractivity contribution in [2.45, 2.75) is 13.5 Å². The summed E-state index contributed by atoms with van der Waals surface area (Å²) in [5.74, 6) is -0.0163. The van der Waals surface area contributed by atoms with E-state index in [2.05, 4.69) is 10.2 Å². The molecule has 0 saturated carbocycles. The minimum absolute atomic E-state index is 0.0537. The van der Waals surface area contributed by atoms with Crippen molar-refractivity contribution in [2.24, 2.45) is 10.2 Å². The maximum Gasteiger partial charge on any atom is 0.281 e. The average molecular weight is 403 g/mol. The molecule has 0 spiro atoms. The van der Waals surface area contributed by atoms with Gasteiger partial charge in [-0.15, -0.1) is 5.11 Å². The van der Waals surface area contributed by atoms with Crippen molar-refractivity contribution < 1.29 is 9.52 Å². The summed E-state index contributed by atoms with van der Waals surface area (Å²) in [5.41, 5.74) is -0.137. The third kappa shape index (κ3) is 3.72. The van der Waals surface area contributed by atoms with Gasteiger partial charge in [-0.3, -0.25) is 9.36 Å². The van der Waals surface area contributed by atoms with Gasteiger partial charge in [-0.25, -0.2) is 0 Å². The fourth-order valence-corrected chi connectivity index (χ4v) is 2.71. The number of furan rings is 1. The SMILES string of the molecule is Cc1c(C#N)c(O)n(Cc2ccco2)c(=O)c1N=Nc1ccc(Cl)c(Cl)c1. The fourth-order valence-electron chi connectivity index (χ4n) is 2.42. The van der Waals surface area contributed by atoms with E-state index in [1.807, 2.05) is 6.07 Å². The van der Waals surface area contributed by atoms with Gasteiger partial charge in [0.15, 0.2) is 5.69 Å². The van der Waals surface area contributed by atoms with Crippen LogP contribution in [-0.2, 0) is 6.54 Å². The summed E-state index contributed by atoms with van der Waals surface area (Å²) in [6.07, 6.45) is 1.45. The maximum atomic E-state index is 12.8. The van der Waals surface area contributed by atoms with Crippen LogP contribution in [-0.4, -0.2) is 9.67 Å². The van der Waals surface area contributed by atoms with Crippen LogP contribution >= 0.6 is 23.2 Å². The predicted octanol–water partition coefficient (Wildman–Crippen LogP) is 5.10. The van der Waals surface area contributed by atoms with E-state index in [0.717, 1.165) is 4.57 Å². The zero-order chi connectivity index (χ0) is 19.6. The van der Waals surface area contributed by atoms with E-state index in [4.69, 9.17) is 27.6 Å². The minimum atomic E-state index is -0.607. The lowest BCUT2D eigenvalue weighted by atomic mass is 10.1. The Bertz CT molecular complexity index is 1130. The molecule has 0 bridgehead atoms. The van der Waals surface area contributed by atoms with E-state index >= 15 is 0 Å². The van der Waals surface area contributed by atoms with E-state index in [0.29, 0.717) is 21.5 Å². The number of hydrogen-bond donors (Lipinski definition) is 1. The van der Waals surface area contributed by atoms with Gasteiger partial charge in [0.1, 0.15) is 17.4 Å². The van der Waals surface area contributed by atoms with Gasteiger partial charge in [-0.1, -0.05) is 23.2 Å². The topological polar surface area (TPSA) is 104 Å². The van der Waals surface area contributed by atoms with Crippen molar-refractivity contribution in [2.75, 3.05) is 0 Å². The molecule has 136 valence electrons. The Labute approximate surface area is 163 Å². The van der Waals surface area contributed by atoms with Crippen LogP contribution in [0.1, 0.15) is 16.9 Å². The van der Waals surface area contributed by atoms with Crippen molar-refractivity contribution in [3.63, 3.8) is 0 Å². The molecule has 0 radical (unpaired) electrons. The number of aromatic hydroxyl groups is 1.